The van der Waals surface area contributed by atoms with Crippen molar-refractivity contribution in [1.82, 2.24) is 14.8 Å². The fourth-order valence-corrected chi connectivity index (χ4v) is 5.18. The first-order valence-corrected chi connectivity index (χ1v) is 13.5. The standard InChI is InChI=1S/C31H33ClN4O2/c32-26-12-13-27-28(14-16-34-29(27)22-26)33-15-7-17-36(30(37)23-35-18-20-38-21-19-35)31(24-8-3-1-4-9-24)25-10-5-2-6-11-25/h1-6,8-14,16,22,31H,7,15,17-21,23H2,(H,33,34). The molecule has 196 valence electrons. The number of ether oxygens (including phenoxy) is 1. The van der Waals surface area contributed by atoms with Gasteiger partial charge in [-0.15, -0.1) is 0 Å². The molecule has 0 atom stereocenters. The molecular weight excluding hydrogens is 496 g/mol. The van der Waals surface area contributed by atoms with Crippen LogP contribution in [0, 0.1) is 0 Å². The summed E-state index contributed by atoms with van der Waals surface area (Å²) in [4.78, 5) is 22.6. The molecule has 0 saturated carbocycles. The van der Waals surface area contributed by atoms with Crippen LogP contribution in [-0.4, -0.2) is 66.6 Å². The summed E-state index contributed by atoms with van der Waals surface area (Å²) in [6.07, 6.45) is 2.59. The molecule has 1 aliphatic heterocycles. The maximum atomic E-state index is 13.9. The van der Waals surface area contributed by atoms with E-state index in [1.807, 2.05) is 65.6 Å². The predicted molar refractivity (Wildman–Crippen MR) is 154 cm³/mol. The molecular formula is C31H33ClN4O2. The lowest BCUT2D eigenvalue weighted by Crippen LogP contribution is -2.46. The third kappa shape index (κ3) is 6.51. The number of nitrogens with zero attached hydrogens (tertiary/aromatic N) is 3. The molecule has 4 aromatic rings. The fourth-order valence-electron chi connectivity index (χ4n) is 5.01. The average Bonchev–Trinajstić information content (AvgIpc) is 2.96. The average molecular weight is 529 g/mol. The summed E-state index contributed by atoms with van der Waals surface area (Å²) in [6.45, 7) is 4.64. The van der Waals surface area contributed by atoms with E-state index < -0.39 is 0 Å². The lowest BCUT2D eigenvalue weighted by molar-refractivity contribution is -0.135. The highest BCUT2D eigenvalue weighted by Gasteiger charge is 2.28. The number of carbonyl (C=O) groups excluding carboxylic acids is 1. The van der Waals surface area contributed by atoms with Crippen LogP contribution in [0.2, 0.25) is 5.02 Å². The minimum Gasteiger partial charge on any atom is -0.384 e. The lowest BCUT2D eigenvalue weighted by Gasteiger charge is -2.35. The molecule has 0 spiro atoms. The molecule has 38 heavy (non-hydrogen) atoms. The summed E-state index contributed by atoms with van der Waals surface area (Å²) < 4.78 is 5.50. The van der Waals surface area contributed by atoms with Crippen LogP contribution in [0.15, 0.2) is 91.1 Å². The van der Waals surface area contributed by atoms with E-state index in [4.69, 9.17) is 16.3 Å². The van der Waals surface area contributed by atoms with Crippen LogP contribution >= 0.6 is 11.6 Å². The molecule has 1 saturated heterocycles. The molecule has 7 heteroatoms. The molecule has 0 bridgehead atoms. The molecule has 1 amide bonds. The molecule has 1 aromatic heterocycles. The zero-order valence-electron chi connectivity index (χ0n) is 21.4. The number of benzene rings is 3. The molecule has 0 aliphatic carbocycles. The zero-order valence-corrected chi connectivity index (χ0v) is 22.2. The highest BCUT2D eigenvalue weighted by atomic mass is 35.5. The Hall–Kier alpha value is -3.45. The monoisotopic (exact) mass is 528 g/mol. The molecule has 1 fully saturated rings. The third-order valence-corrected chi connectivity index (χ3v) is 7.16. The number of rotatable bonds is 10. The van der Waals surface area contributed by atoms with E-state index in [1.165, 1.54) is 0 Å². The van der Waals surface area contributed by atoms with Gasteiger partial charge in [-0.2, -0.15) is 0 Å². The van der Waals surface area contributed by atoms with Crippen molar-refractivity contribution in [1.29, 1.82) is 0 Å². The van der Waals surface area contributed by atoms with Crippen LogP contribution in [0.25, 0.3) is 10.9 Å². The first-order valence-electron chi connectivity index (χ1n) is 13.2. The van der Waals surface area contributed by atoms with Crippen LogP contribution in [0.3, 0.4) is 0 Å². The first-order chi connectivity index (χ1) is 18.7. The van der Waals surface area contributed by atoms with E-state index in [0.717, 1.165) is 53.8 Å². The van der Waals surface area contributed by atoms with Crippen LogP contribution in [0.5, 0.6) is 0 Å². The quantitative estimate of drug-likeness (QED) is 0.270. The van der Waals surface area contributed by atoms with Crippen LogP contribution in [0.1, 0.15) is 23.6 Å². The fraction of sp³-hybridized carbons (Fsp3) is 0.290. The number of pyridine rings is 1. The molecule has 2 heterocycles. The van der Waals surface area contributed by atoms with Gasteiger partial charge >= 0.3 is 0 Å². The zero-order chi connectivity index (χ0) is 26.2. The number of morpholine rings is 1. The maximum Gasteiger partial charge on any atom is 0.237 e. The van der Waals surface area contributed by atoms with Gasteiger partial charge in [-0.05, 0) is 41.8 Å². The van der Waals surface area contributed by atoms with Crippen molar-refractivity contribution in [2.75, 3.05) is 51.3 Å². The molecule has 1 N–H and O–H groups in total. The van der Waals surface area contributed by atoms with Crippen molar-refractivity contribution in [2.45, 2.75) is 12.5 Å². The molecule has 1 aliphatic rings. The second kappa shape index (κ2) is 12.9. The molecule has 6 nitrogen and oxygen atoms in total. The van der Waals surface area contributed by atoms with Gasteiger partial charge in [-0.1, -0.05) is 72.3 Å². The Labute approximate surface area is 229 Å². The number of fused-ring (bicyclic) bond motifs is 1. The second-order valence-electron chi connectivity index (χ2n) is 9.50. The highest BCUT2D eigenvalue weighted by molar-refractivity contribution is 6.31. The maximum absolute atomic E-state index is 13.9. The van der Waals surface area contributed by atoms with Gasteiger partial charge in [-0.25, -0.2) is 0 Å². The summed E-state index contributed by atoms with van der Waals surface area (Å²) in [6, 6.07) is 28.2. The summed E-state index contributed by atoms with van der Waals surface area (Å²) in [7, 11) is 0. The van der Waals surface area contributed by atoms with E-state index in [9.17, 15) is 4.79 Å². The first kappa shape index (κ1) is 26.2. The molecule has 0 radical (unpaired) electrons. The van der Waals surface area contributed by atoms with Crippen molar-refractivity contribution < 1.29 is 9.53 Å². The number of nitrogens with one attached hydrogen (secondary N) is 1. The molecule has 5 rings (SSSR count). The normalized spacial score (nSPS) is 14.1. The number of amides is 1. The predicted octanol–water partition coefficient (Wildman–Crippen LogP) is 5.64. The van der Waals surface area contributed by atoms with Crippen molar-refractivity contribution in [3.8, 4) is 0 Å². The minimum absolute atomic E-state index is 0.133. The number of aromatic nitrogens is 1. The number of halogens is 1. The van der Waals surface area contributed by atoms with Gasteiger partial charge in [-0.3, -0.25) is 14.7 Å². The van der Waals surface area contributed by atoms with E-state index in [2.05, 4.69) is 39.5 Å². The van der Waals surface area contributed by atoms with E-state index in [0.29, 0.717) is 31.3 Å². The van der Waals surface area contributed by atoms with E-state index in [1.54, 1.807) is 6.20 Å². The number of hydrogen-bond donors (Lipinski definition) is 1. The van der Waals surface area contributed by atoms with Gasteiger partial charge in [0.2, 0.25) is 5.91 Å². The van der Waals surface area contributed by atoms with Gasteiger partial charge in [0.1, 0.15) is 0 Å². The Balaban J connectivity index is 1.36. The minimum atomic E-state index is -0.158. The van der Waals surface area contributed by atoms with Gasteiger partial charge in [0, 0.05) is 48.5 Å². The largest absolute Gasteiger partial charge is 0.384 e. The van der Waals surface area contributed by atoms with Gasteiger partial charge in [0.15, 0.2) is 0 Å². The topological polar surface area (TPSA) is 57.7 Å². The Morgan fingerprint density at radius 2 is 1.66 bits per heavy atom. The van der Waals surface area contributed by atoms with Gasteiger partial charge in [0.25, 0.3) is 0 Å². The second-order valence-corrected chi connectivity index (χ2v) is 9.94. The van der Waals surface area contributed by atoms with E-state index >= 15 is 0 Å². The lowest BCUT2D eigenvalue weighted by atomic mass is 9.96. The number of hydrogen-bond acceptors (Lipinski definition) is 5. The van der Waals surface area contributed by atoms with Crippen LogP contribution in [0.4, 0.5) is 5.69 Å². The Bertz CT molecular complexity index is 1290. The number of anilines is 1. The smallest absolute Gasteiger partial charge is 0.237 e. The summed E-state index contributed by atoms with van der Waals surface area (Å²) in [5, 5.41) is 5.26. The Morgan fingerprint density at radius 3 is 2.34 bits per heavy atom. The third-order valence-electron chi connectivity index (χ3n) is 6.92. The summed E-state index contributed by atoms with van der Waals surface area (Å²) >= 11 is 6.15. The van der Waals surface area contributed by atoms with Crippen molar-refractivity contribution in [3.63, 3.8) is 0 Å². The van der Waals surface area contributed by atoms with Gasteiger partial charge in [0.05, 0.1) is 31.3 Å². The van der Waals surface area contributed by atoms with Gasteiger partial charge < -0.3 is 15.0 Å². The molecule has 0 unspecified atom stereocenters. The number of carbonyl (C=O) groups is 1. The van der Waals surface area contributed by atoms with Crippen LogP contribution < -0.4 is 5.32 Å². The van der Waals surface area contributed by atoms with E-state index in [-0.39, 0.29) is 11.9 Å². The summed E-state index contributed by atoms with van der Waals surface area (Å²) in [5.41, 5.74) is 4.09. The van der Waals surface area contributed by atoms with Crippen LogP contribution in [-0.2, 0) is 9.53 Å². The Kier molecular flexibility index (Phi) is 8.86. The highest BCUT2D eigenvalue weighted by Crippen LogP contribution is 2.30. The molecule has 3 aromatic carbocycles. The summed E-state index contributed by atoms with van der Waals surface area (Å²) in [5.74, 6) is 0.133. The Morgan fingerprint density at radius 1 is 0.974 bits per heavy atom. The SMILES string of the molecule is O=C(CN1CCOCC1)N(CCCNc1ccnc2cc(Cl)ccc12)C(c1ccccc1)c1ccccc1. The van der Waals surface area contributed by atoms with Crippen molar-refractivity contribution in [2.24, 2.45) is 0 Å². The van der Waals surface area contributed by atoms with Crippen molar-refractivity contribution in [3.05, 3.63) is 107 Å². The van der Waals surface area contributed by atoms with Crippen molar-refractivity contribution >= 4 is 34.1 Å².